The zero-order valence-electron chi connectivity index (χ0n) is 15.3. The average molecular weight is 364 g/mol. The molecular weight excluding hydrogens is 344 g/mol. The van der Waals surface area contributed by atoms with Crippen LogP contribution in [-0.4, -0.2) is 30.3 Å². The number of nitrogens with one attached hydrogen (secondary N) is 2. The number of carbonyl (C=O) groups excluding carboxylic acids is 1. The first-order chi connectivity index (χ1) is 13.1. The first-order valence-electron chi connectivity index (χ1n) is 8.30. The highest BCUT2D eigenvalue weighted by molar-refractivity contribution is 6.02. The first-order valence-corrected chi connectivity index (χ1v) is 8.30. The molecule has 0 aliphatic carbocycles. The van der Waals surface area contributed by atoms with Crippen molar-refractivity contribution in [3.8, 4) is 11.5 Å². The van der Waals surface area contributed by atoms with Crippen LogP contribution in [0.1, 0.15) is 16.1 Å². The summed E-state index contributed by atoms with van der Waals surface area (Å²) >= 11 is 0. The molecule has 0 spiro atoms. The van der Waals surface area contributed by atoms with E-state index in [-0.39, 0.29) is 11.6 Å². The summed E-state index contributed by atoms with van der Waals surface area (Å²) in [5.74, 6) is 1.48. The fourth-order valence-electron chi connectivity index (χ4n) is 2.40. The highest BCUT2D eigenvalue weighted by Crippen LogP contribution is 2.30. The SMILES string of the molecule is COc1ccc(OC)c(Nc2ccc(C(=O)Nc3ccc(C)cc3)nn2)c1. The van der Waals surface area contributed by atoms with E-state index < -0.39 is 0 Å². The molecule has 1 heterocycles. The number of anilines is 3. The summed E-state index contributed by atoms with van der Waals surface area (Å²) in [6.45, 7) is 1.99. The molecule has 27 heavy (non-hydrogen) atoms. The number of hydrogen-bond acceptors (Lipinski definition) is 6. The van der Waals surface area contributed by atoms with Crippen LogP contribution in [0.3, 0.4) is 0 Å². The molecule has 0 unspecified atom stereocenters. The highest BCUT2D eigenvalue weighted by Gasteiger charge is 2.10. The van der Waals surface area contributed by atoms with Crippen LogP contribution in [0.4, 0.5) is 17.2 Å². The van der Waals surface area contributed by atoms with Gasteiger partial charge in [-0.2, -0.15) is 0 Å². The standard InChI is InChI=1S/C20H20N4O3/c1-13-4-6-14(7-5-13)21-20(25)16-9-11-19(24-23-16)22-17-12-15(26-2)8-10-18(17)27-3/h4-12H,1-3H3,(H,21,25)(H,22,24). The van der Waals surface area contributed by atoms with Gasteiger partial charge >= 0.3 is 0 Å². The predicted octanol–water partition coefficient (Wildman–Crippen LogP) is 3.80. The second kappa shape index (κ2) is 8.18. The summed E-state index contributed by atoms with van der Waals surface area (Å²) in [4.78, 5) is 12.3. The molecule has 7 heteroatoms. The Morgan fingerprint density at radius 1 is 0.926 bits per heavy atom. The van der Waals surface area contributed by atoms with E-state index >= 15 is 0 Å². The normalized spacial score (nSPS) is 10.2. The Bertz CT molecular complexity index is 925. The van der Waals surface area contributed by atoms with E-state index in [1.807, 2.05) is 31.2 Å². The predicted molar refractivity (Wildman–Crippen MR) is 104 cm³/mol. The number of amides is 1. The van der Waals surface area contributed by atoms with Gasteiger partial charge in [-0.05, 0) is 43.3 Å². The van der Waals surface area contributed by atoms with Gasteiger partial charge in [0.25, 0.3) is 5.91 Å². The molecule has 2 N–H and O–H groups in total. The summed E-state index contributed by atoms with van der Waals surface area (Å²) in [6.07, 6.45) is 0. The number of benzene rings is 2. The lowest BCUT2D eigenvalue weighted by Crippen LogP contribution is -2.14. The molecule has 138 valence electrons. The van der Waals surface area contributed by atoms with E-state index in [0.29, 0.717) is 28.7 Å². The van der Waals surface area contributed by atoms with Crippen molar-refractivity contribution in [1.29, 1.82) is 0 Å². The van der Waals surface area contributed by atoms with Crippen molar-refractivity contribution in [3.05, 3.63) is 65.9 Å². The third-order valence-electron chi connectivity index (χ3n) is 3.88. The second-order valence-corrected chi connectivity index (χ2v) is 5.82. The fraction of sp³-hybridized carbons (Fsp3) is 0.150. The first kappa shape index (κ1) is 18.2. The van der Waals surface area contributed by atoms with Gasteiger partial charge in [0.15, 0.2) is 11.5 Å². The van der Waals surface area contributed by atoms with Crippen LogP contribution in [0, 0.1) is 6.92 Å². The Labute approximate surface area is 157 Å². The summed E-state index contributed by atoms with van der Waals surface area (Å²) in [6, 6.07) is 16.2. The lowest BCUT2D eigenvalue weighted by atomic mass is 10.2. The number of nitrogens with zero attached hydrogens (tertiary/aromatic N) is 2. The maximum atomic E-state index is 12.3. The number of methoxy groups -OCH3 is 2. The van der Waals surface area contributed by atoms with Crippen molar-refractivity contribution in [2.75, 3.05) is 24.9 Å². The van der Waals surface area contributed by atoms with E-state index in [1.165, 1.54) is 0 Å². The van der Waals surface area contributed by atoms with Gasteiger partial charge in [0.2, 0.25) is 0 Å². The average Bonchev–Trinajstić information content (AvgIpc) is 2.70. The van der Waals surface area contributed by atoms with E-state index in [9.17, 15) is 4.79 Å². The molecule has 1 amide bonds. The quantitative estimate of drug-likeness (QED) is 0.692. The van der Waals surface area contributed by atoms with Crippen LogP contribution in [-0.2, 0) is 0 Å². The smallest absolute Gasteiger partial charge is 0.276 e. The molecule has 3 rings (SSSR count). The molecular formula is C20H20N4O3. The summed E-state index contributed by atoms with van der Waals surface area (Å²) in [7, 11) is 3.17. The van der Waals surface area contributed by atoms with Crippen molar-refractivity contribution in [1.82, 2.24) is 10.2 Å². The number of aromatic nitrogens is 2. The van der Waals surface area contributed by atoms with Crippen molar-refractivity contribution >= 4 is 23.1 Å². The maximum absolute atomic E-state index is 12.3. The van der Waals surface area contributed by atoms with Crippen LogP contribution in [0.2, 0.25) is 0 Å². The Morgan fingerprint density at radius 2 is 1.70 bits per heavy atom. The van der Waals surface area contributed by atoms with Crippen LogP contribution in [0.15, 0.2) is 54.6 Å². The lowest BCUT2D eigenvalue weighted by Gasteiger charge is -2.12. The minimum atomic E-state index is -0.322. The van der Waals surface area contributed by atoms with Gasteiger partial charge in [0.05, 0.1) is 19.9 Å². The number of aryl methyl sites for hydroxylation is 1. The Balaban J connectivity index is 1.72. The molecule has 2 aromatic carbocycles. The van der Waals surface area contributed by atoms with Crippen LogP contribution in [0.5, 0.6) is 11.5 Å². The molecule has 0 saturated carbocycles. The molecule has 0 aliphatic rings. The summed E-state index contributed by atoms with van der Waals surface area (Å²) in [5, 5.41) is 14.0. The third-order valence-corrected chi connectivity index (χ3v) is 3.88. The van der Waals surface area contributed by atoms with Gasteiger partial charge in [-0.1, -0.05) is 17.7 Å². The zero-order valence-corrected chi connectivity index (χ0v) is 15.3. The number of carbonyl (C=O) groups is 1. The van der Waals surface area contributed by atoms with Gasteiger partial charge in [0, 0.05) is 11.8 Å². The Kier molecular flexibility index (Phi) is 5.51. The summed E-state index contributed by atoms with van der Waals surface area (Å²) < 4.78 is 10.5. The minimum Gasteiger partial charge on any atom is -0.497 e. The molecule has 0 bridgehead atoms. The number of hydrogen-bond donors (Lipinski definition) is 2. The Morgan fingerprint density at radius 3 is 2.33 bits per heavy atom. The maximum Gasteiger partial charge on any atom is 0.276 e. The summed E-state index contributed by atoms with van der Waals surface area (Å²) in [5.41, 5.74) is 2.73. The second-order valence-electron chi connectivity index (χ2n) is 5.82. The molecule has 0 aliphatic heterocycles. The van der Waals surface area contributed by atoms with Crippen LogP contribution in [0.25, 0.3) is 0 Å². The zero-order chi connectivity index (χ0) is 19.2. The van der Waals surface area contributed by atoms with Crippen LogP contribution >= 0.6 is 0 Å². The monoisotopic (exact) mass is 364 g/mol. The van der Waals surface area contributed by atoms with E-state index in [2.05, 4.69) is 20.8 Å². The molecule has 0 atom stereocenters. The number of ether oxygens (including phenoxy) is 2. The van der Waals surface area contributed by atoms with Crippen molar-refractivity contribution in [3.63, 3.8) is 0 Å². The van der Waals surface area contributed by atoms with E-state index in [1.54, 1.807) is 44.6 Å². The molecule has 1 aromatic heterocycles. The van der Waals surface area contributed by atoms with Crippen molar-refractivity contribution in [2.45, 2.75) is 6.92 Å². The van der Waals surface area contributed by atoms with Crippen molar-refractivity contribution < 1.29 is 14.3 Å². The van der Waals surface area contributed by atoms with Crippen LogP contribution < -0.4 is 20.1 Å². The molecule has 3 aromatic rings. The van der Waals surface area contributed by atoms with E-state index in [4.69, 9.17) is 9.47 Å². The van der Waals surface area contributed by atoms with Gasteiger partial charge in [-0.3, -0.25) is 4.79 Å². The lowest BCUT2D eigenvalue weighted by molar-refractivity contribution is 0.102. The van der Waals surface area contributed by atoms with Gasteiger partial charge in [-0.25, -0.2) is 0 Å². The largest absolute Gasteiger partial charge is 0.497 e. The topological polar surface area (TPSA) is 85.4 Å². The highest BCUT2D eigenvalue weighted by atomic mass is 16.5. The van der Waals surface area contributed by atoms with Gasteiger partial charge in [-0.15, -0.1) is 10.2 Å². The Hall–Kier alpha value is -3.61. The van der Waals surface area contributed by atoms with Gasteiger partial charge < -0.3 is 20.1 Å². The number of rotatable bonds is 6. The molecule has 0 saturated heterocycles. The molecule has 7 nitrogen and oxygen atoms in total. The molecule has 0 fully saturated rings. The van der Waals surface area contributed by atoms with E-state index in [0.717, 1.165) is 5.56 Å². The van der Waals surface area contributed by atoms with Gasteiger partial charge in [0.1, 0.15) is 11.5 Å². The third kappa shape index (κ3) is 4.52. The molecule has 0 radical (unpaired) electrons. The minimum absolute atomic E-state index is 0.221. The fourth-order valence-corrected chi connectivity index (χ4v) is 2.40. The van der Waals surface area contributed by atoms with Crippen molar-refractivity contribution in [2.24, 2.45) is 0 Å².